The van der Waals surface area contributed by atoms with Crippen molar-refractivity contribution in [3.8, 4) is 11.5 Å². The van der Waals surface area contributed by atoms with Gasteiger partial charge in [0.2, 0.25) is 0 Å². The number of ether oxygens (including phenoxy) is 2. The van der Waals surface area contributed by atoms with Gasteiger partial charge in [-0.05, 0) is 31.5 Å². The molecule has 0 unspecified atom stereocenters. The fourth-order valence-electron chi connectivity index (χ4n) is 4.07. The molecule has 0 amide bonds. The van der Waals surface area contributed by atoms with E-state index in [-0.39, 0.29) is 17.3 Å². The number of methoxy groups -OCH3 is 1. The number of halogens is 1. The van der Waals surface area contributed by atoms with Crippen molar-refractivity contribution in [1.82, 2.24) is 5.32 Å². The lowest BCUT2D eigenvalue weighted by atomic mass is 9.79. The molecule has 2 aliphatic rings. The van der Waals surface area contributed by atoms with Crippen molar-refractivity contribution in [2.45, 2.75) is 19.8 Å². The van der Waals surface area contributed by atoms with Gasteiger partial charge in [0, 0.05) is 26.9 Å². The Balaban J connectivity index is 1.99. The zero-order chi connectivity index (χ0) is 21.6. The molecule has 0 radical (unpaired) electrons. The molecule has 1 aliphatic carbocycles. The number of ketones is 1. The van der Waals surface area contributed by atoms with Crippen molar-refractivity contribution in [1.29, 1.82) is 0 Å². The summed E-state index contributed by atoms with van der Waals surface area (Å²) in [5, 5.41) is 13.5. The third-order valence-corrected chi connectivity index (χ3v) is 6.03. The van der Waals surface area contributed by atoms with Crippen LogP contribution >= 0.6 is 15.9 Å². The number of rotatable bonds is 4. The van der Waals surface area contributed by atoms with E-state index in [2.05, 4.69) is 21.2 Å². The number of phenols is 1. The Morgan fingerprint density at radius 2 is 1.93 bits per heavy atom. The molecular weight excluding hydrogens is 450 g/mol. The number of phenolic OH excluding ortho intramolecular Hbond substituents is 1. The summed E-state index contributed by atoms with van der Waals surface area (Å²) in [6.07, 6.45) is 0. The van der Waals surface area contributed by atoms with E-state index >= 15 is 0 Å². The van der Waals surface area contributed by atoms with Crippen molar-refractivity contribution in [2.24, 2.45) is 0 Å². The van der Waals surface area contributed by atoms with Crippen LogP contribution in [0.15, 0.2) is 57.7 Å². The zero-order valence-electron chi connectivity index (χ0n) is 16.7. The summed E-state index contributed by atoms with van der Waals surface area (Å²) in [4.78, 5) is 26.2. The number of esters is 1. The Kier molecular flexibility index (Phi) is 5.15. The molecule has 2 aromatic carbocycles. The first-order chi connectivity index (χ1) is 14.4. The first-order valence-electron chi connectivity index (χ1n) is 9.48. The van der Waals surface area contributed by atoms with Gasteiger partial charge in [0.05, 0.1) is 30.9 Å². The van der Waals surface area contributed by atoms with Crippen LogP contribution in [0.4, 0.5) is 0 Å². The van der Waals surface area contributed by atoms with Gasteiger partial charge in [-0.2, -0.15) is 0 Å². The number of carbonyl (C=O) groups excluding carboxylic acids is 2. The smallest absolute Gasteiger partial charge is 0.336 e. The molecule has 30 heavy (non-hydrogen) atoms. The van der Waals surface area contributed by atoms with E-state index in [1.807, 2.05) is 25.1 Å². The van der Waals surface area contributed by atoms with E-state index in [0.29, 0.717) is 44.7 Å². The molecule has 0 saturated heterocycles. The third-order valence-electron chi connectivity index (χ3n) is 5.34. The molecule has 6 nitrogen and oxygen atoms in total. The maximum Gasteiger partial charge on any atom is 0.336 e. The van der Waals surface area contributed by atoms with Crippen molar-refractivity contribution >= 4 is 33.4 Å². The fraction of sp³-hybridized carbons (Fsp3) is 0.217. The number of nitrogens with one attached hydrogen (secondary N) is 1. The highest BCUT2D eigenvalue weighted by molar-refractivity contribution is 9.10. The van der Waals surface area contributed by atoms with Crippen molar-refractivity contribution in [3.05, 3.63) is 74.4 Å². The van der Waals surface area contributed by atoms with E-state index in [0.717, 1.165) is 5.56 Å². The zero-order valence-corrected chi connectivity index (χ0v) is 18.3. The quantitative estimate of drug-likeness (QED) is 0.649. The van der Waals surface area contributed by atoms with Crippen LogP contribution in [0.25, 0.3) is 5.70 Å². The summed E-state index contributed by atoms with van der Waals surface area (Å²) in [5.74, 6) is -1.12. The monoisotopic (exact) mass is 469 g/mol. The molecule has 0 bridgehead atoms. The molecule has 2 N–H and O–H groups in total. The number of benzene rings is 2. The van der Waals surface area contributed by atoms with E-state index in [1.165, 1.54) is 13.2 Å². The Morgan fingerprint density at radius 1 is 1.23 bits per heavy atom. The van der Waals surface area contributed by atoms with Crippen molar-refractivity contribution in [3.63, 3.8) is 0 Å². The van der Waals surface area contributed by atoms with Crippen LogP contribution in [0.5, 0.6) is 11.5 Å². The number of allylic oxidation sites excluding steroid dienone is 2. The maximum absolute atomic E-state index is 13.4. The second-order valence-electron chi connectivity index (χ2n) is 7.03. The molecule has 0 aromatic heterocycles. The topological polar surface area (TPSA) is 84.9 Å². The Hall–Kier alpha value is -3.06. The molecule has 1 heterocycles. The summed E-state index contributed by atoms with van der Waals surface area (Å²) in [5.41, 5.74) is 4.11. The van der Waals surface area contributed by atoms with Gasteiger partial charge in [0.15, 0.2) is 17.3 Å². The molecule has 4 rings (SSSR count). The minimum atomic E-state index is -0.692. The minimum Gasteiger partial charge on any atom is -0.504 e. The van der Waals surface area contributed by atoms with E-state index in [9.17, 15) is 14.7 Å². The molecule has 0 spiro atoms. The van der Waals surface area contributed by atoms with Gasteiger partial charge in [-0.15, -0.1) is 0 Å². The van der Waals surface area contributed by atoms with Crippen molar-refractivity contribution < 1.29 is 24.2 Å². The number of Topliss-reactive ketones (excluding diaryl/α,β-unsaturated/α-hetero) is 1. The first kappa shape index (κ1) is 20.2. The van der Waals surface area contributed by atoms with Crippen molar-refractivity contribution in [2.75, 3.05) is 13.7 Å². The van der Waals surface area contributed by atoms with Gasteiger partial charge in [0.1, 0.15) is 0 Å². The number of fused-ring (bicyclic) bond motifs is 2. The Bertz CT molecular complexity index is 1150. The second kappa shape index (κ2) is 7.65. The van der Waals surface area contributed by atoms with E-state index in [1.54, 1.807) is 19.1 Å². The lowest BCUT2D eigenvalue weighted by Crippen LogP contribution is -2.29. The number of dihydropyridines is 1. The van der Waals surface area contributed by atoms with Gasteiger partial charge in [-0.25, -0.2) is 4.79 Å². The molecule has 0 saturated carbocycles. The van der Waals surface area contributed by atoms with Crippen LogP contribution in [0.3, 0.4) is 0 Å². The molecular formula is C23H20BrNO5. The number of carbonyl (C=O) groups is 2. The summed E-state index contributed by atoms with van der Waals surface area (Å²) in [7, 11) is 1.31. The van der Waals surface area contributed by atoms with Gasteiger partial charge < -0.3 is 19.9 Å². The highest BCUT2D eigenvalue weighted by Crippen LogP contribution is 2.49. The molecule has 1 atom stereocenters. The molecule has 0 fully saturated rings. The fourth-order valence-corrected chi connectivity index (χ4v) is 4.63. The number of aromatic hydroxyl groups is 1. The SMILES string of the molecule is CCOc1cc([C@H]2C(C(=O)OC)=C(C)NC3=C2C(=O)c2ccccc23)c(Br)cc1O. The standard InChI is InChI=1S/C23H20BrNO5/c1-4-30-17-9-14(15(24)10-16(17)26)19-18(23(28)29-3)11(2)25-21-12-7-5-6-8-13(12)22(27)20(19)21/h5-10,19,25-26H,4H2,1-3H3/t19-/m0/s1. The first-order valence-corrected chi connectivity index (χ1v) is 10.3. The van der Waals surface area contributed by atoms with Gasteiger partial charge in [0.25, 0.3) is 0 Å². The summed E-state index contributed by atoms with van der Waals surface area (Å²) < 4.78 is 11.2. The summed E-state index contributed by atoms with van der Waals surface area (Å²) >= 11 is 3.49. The highest BCUT2D eigenvalue weighted by atomic mass is 79.9. The van der Waals surface area contributed by atoms with Gasteiger partial charge in [-0.1, -0.05) is 40.2 Å². The lowest BCUT2D eigenvalue weighted by molar-refractivity contribution is -0.136. The molecule has 2 aromatic rings. The molecule has 1 aliphatic heterocycles. The van der Waals surface area contributed by atoms with Crippen LogP contribution in [0.1, 0.15) is 41.3 Å². The van der Waals surface area contributed by atoms with Crippen LogP contribution in [0, 0.1) is 0 Å². The maximum atomic E-state index is 13.4. The molecule has 154 valence electrons. The number of hydrogen-bond acceptors (Lipinski definition) is 6. The number of hydrogen-bond donors (Lipinski definition) is 2. The Labute approximate surface area is 182 Å². The summed E-state index contributed by atoms with van der Waals surface area (Å²) in [6.45, 7) is 3.96. The van der Waals surface area contributed by atoms with Crippen LogP contribution in [-0.2, 0) is 9.53 Å². The predicted octanol–water partition coefficient (Wildman–Crippen LogP) is 4.29. The third kappa shape index (κ3) is 3.01. The van der Waals surface area contributed by atoms with Crippen LogP contribution < -0.4 is 10.1 Å². The van der Waals surface area contributed by atoms with Gasteiger partial charge in [-0.3, -0.25) is 4.79 Å². The predicted molar refractivity (Wildman–Crippen MR) is 115 cm³/mol. The van der Waals surface area contributed by atoms with E-state index < -0.39 is 11.9 Å². The van der Waals surface area contributed by atoms with Crippen LogP contribution in [-0.4, -0.2) is 30.6 Å². The Morgan fingerprint density at radius 3 is 2.60 bits per heavy atom. The summed E-state index contributed by atoms with van der Waals surface area (Å²) in [6, 6.07) is 10.5. The largest absolute Gasteiger partial charge is 0.504 e. The molecule has 7 heteroatoms. The highest BCUT2D eigenvalue weighted by Gasteiger charge is 2.43. The van der Waals surface area contributed by atoms with E-state index in [4.69, 9.17) is 9.47 Å². The normalized spacial score (nSPS) is 17.5. The second-order valence-corrected chi connectivity index (χ2v) is 7.88. The average molecular weight is 470 g/mol. The average Bonchev–Trinajstić information content (AvgIpc) is 3.01. The van der Waals surface area contributed by atoms with Gasteiger partial charge >= 0.3 is 5.97 Å². The minimum absolute atomic E-state index is 0.0306. The lowest BCUT2D eigenvalue weighted by Gasteiger charge is -2.30. The van der Waals surface area contributed by atoms with Crippen LogP contribution in [0.2, 0.25) is 0 Å².